The summed E-state index contributed by atoms with van der Waals surface area (Å²) >= 11 is 0. The highest BCUT2D eigenvalue weighted by Gasteiger charge is 2.18. The van der Waals surface area contributed by atoms with E-state index in [1.54, 1.807) is 6.08 Å². The van der Waals surface area contributed by atoms with Gasteiger partial charge in [-0.2, -0.15) is 4.31 Å². The third-order valence-electron chi connectivity index (χ3n) is 2.28. The van der Waals surface area contributed by atoms with Crippen LogP contribution in [0.3, 0.4) is 0 Å². The molecule has 0 aliphatic heterocycles. The van der Waals surface area contributed by atoms with Crippen LogP contribution < -0.4 is 5.32 Å². The van der Waals surface area contributed by atoms with Gasteiger partial charge in [-0.05, 0) is 32.9 Å². The van der Waals surface area contributed by atoms with Crippen LogP contribution in [0, 0.1) is 0 Å². The molecule has 0 radical (unpaired) electrons. The zero-order valence-electron chi connectivity index (χ0n) is 10.4. The number of unbranched alkanes of at least 4 members (excludes halogenated alkanes) is 1. The van der Waals surface area contributed by atoms with Crippen LogP contribution >= 0.6 is 0 Å². The molecule has 0 saturated heterocycles. The fourth-order valence-electron chi connectivity index (χ4n) is 1.45. The van der Waals surface area contributed by atoms with Gasteiger partial charge in [0.05, 0.1) is 5.75 Å². The third kappa shape index (κ3) is 6.25. The number of nitrogens with one attached hydrogen (secondary N) is 1. The predicted molar refractivity (Wildman–Crippen MR) is 69.0 cm³/mol. The van der Waals surface area contributed by atoms with Crippen molar-refractivity contribution in [2.24, 2.45) is 0 Å². The Morgan fingerprint density at radius 3 is 2.56 bits per heavy atom. The van der Waals surface area contributed by atoms with Gasteiger partial charge >= 0.3 is 0 Å². The molecule has 0 fully saturated rings. The average molecular weight is 248 g/mol. The van der Waals surface area contributed by atoms with E-state index in [-0.39, 0.29) is 5.75 Å². The maximum absolute atomic E-state index is 11.9. The third-order valence-corrected chi connectivity index (χ3v) is 4.20. The first-order valence-corrected chi connectivity index (χ1v) is 7.42. The van der Waals surface area contributed by atoms with Crippen LogP contribution in [0.15, 0.2) is 12.7 Å². The highest BCUT2D eigenvalue weighted by molar-refractivity contribution is 7.89. The monoisotopic (exact) mass is 248 g/mol. The molecule has 0 aromatic heterocycles. The summed E-state index contributed by atoms with van der Waals surface area (Å²) in [5, 5.41) is 3.01. The van der Waals surface area contributed by atoms with Crippen molar-refractivity contribution in [1.82, 2.24) is 9.62 Å². The molecule has 5 heteroatoms. The van der Waals surface area contributed by atoms with Crippen LogP contribution in [0.5, 0.6) is 0 Å². The van der Waals surface area contributed by atoms with Crippen LogP contribution in [0.1, 0.15) is 26.2 Å². The number of sulfonamides is 1. The minimum Gasteiger partial charge on any atom is -0.320 e. The Kier molecular flexibility index (Phi) is 8.51. The van der Waals surface area contributed by atoms with Crippen molar-refractivity contribution in [3.63, 3.8) is 0 Å². The summed E-state index contributed by atoms with van der Waals surface area (Å²) in [6.45, 7) is 7.44. The second-order valence-corrected chi connectivity index (χ2v) is 5.86. The molecule has 0 rings (SSSR count). The zero-order chi connectivity index (χ0) is 12.4. The Bertz CT molecular complexity index is 276. The summed E-state index contributed by atoms with van der Waals surface area (Å²) in [5.74, 6) is 0.239. The van der Waals surface area contributed by atoms with Crippen LogP contribution in [0.25, 0.3) is 0 Å². The molecule has 16 heavy (non-hydrogen) atoms. The maximum atomic E-state index is 11.9. The van der Waals surface area contributed by atoms with Gasteiger partial charge in [0.2, 0.25) is 10.0 Å². The molecule has 0 spiro atoms. The van der Waals surface area contributed by atoms with Gasteiger partial charge in [0.15, 0.2) is 0 Å². The lowest BCUT2D eigenvalue weighted by molar-refractivity contribution is 0.439. The predicted octanol–water partition coefficient (Wildman–Crippen LogP) is 1.21. The van der Waals surface area contributed by atoms with Gasteiger partial charge in [-0.25, -0.2) is 8.42 Å². The van der Waals surface area contributed by atoms with Crippen LogP contribution in [0.2, 0.25) is 0 Å². The van der Waals surface area contributed by atoms with E-state index < -0.39 is 10.0 Å². The number of hydrogen-bond donors (Lipinski definition) is 1. The molecular weight excluding hydrogens is 224 g/mol. The summed E-state index contributed by atoms with van der Waals surface area (Å²) in [4.78, 5) is 0. The first kappa shape index (κ1) is 15.6. The molecular formula is C11H24N2O2S. The minimum absolute atomic E-state index is 0.239. The Morgan fingerprint density at radius 2 is 2.06 bits per heavy atom. The van der Waals surface area contributed by atoms with Gasteiger partial charge in [-0.1, -0.05) is 13.0 Å². The van der Waals surface area contributed by atoms with E-state index in [0.717, 1.165) is 19.4 Å². The van der Waals surface area contributed by atoms with Gasteiger partial charge in [0.25, 0.3) is 0 Å². The molecule has 96 valence electrons. The summed E-state index contributed by atoms with van der Waals surface area (Å²) in [6, 6.07) is 0. The number of nitrogens with zero attached hydrogens (tertiary/aromatic N) is 1. The first-order valence-electron chi connectivity index (χ1n) is 5.81. The molecule has 4 nitrogen and oxygen atoms in total. The highest BCUT2D eigenvalue weighted by Crippen LogP contribution is 2.06. The molecule has 0 amide bonds. The Morgan fingerprint density at radius 1 is 1.38 bits per heavy atom. The summed E-state index contributed by atoms with van der Waals surface area (Å²) < 4.78 is 25.4. The van der Waals surface area contributed by atoms with Crippen LogP contribution in [0.4, 0.5) is 0 Å². The summed E-state index contributed by atoms with van der Waals surface area (Å²) in [7, 11) is -1.22. The second kappa shape index (κ2) is 8.73. The quantitative estimate of drug-likeness (QED) is 0.467. The molecule has 0 aromatic carbocycles. The van der Waals surface area contributed by atoms with Crippen LogP contribution in [-0.2, 0) is 10.0 Å². The molecule has 0 aliphatic rings. The van der Waals surface area contributed by atoms with Crippen molar-refractivity contribution in [3.8, 4) is 0 Å². The Labute approximate surface area is 99.8 Å². The van der Waals surface area contributed by atoms with Crippen molar-refractivity contribution in [3.05, 3.63) is 12.7 Å². The van der Waals surface area contributed by atoms with Crippen molar-refractivity contribution < 1.29 is 8.42 Å². The van der Waals surface area contributed by atoms with E-state index in [1.807, 2.05) is 14.0 Å². The average Bonchev–Trinajstić information content (AvgIpc) is 2.24. The van der Waals surface area contributed by atoms with Gasteiger partial charge in [-0.3, -0.25) is 0 Å². The highest BCUT2D eigenvalue weighted by atomic mass is 32.2. The minimum atomic E-state index is -3.09. The Balaban J connectivity index is 4.18. The van der Waals surface area contributed by atoms with Crippen LogP contribution in [-0.4, -0.2) is 45.2 Å². The maximum Gasteiger partial charge on any atom is 0.214 e. The lowest BCUT2D eigenvalue weighted by Gasteiger charge is -2.19. The van der Waals surface area contributed by atoms with E-state index in [2.05, 4.69) is 11.9 Å². The Hall–Kier alpha value is -0.390. The van der Waals surface area contributed by atoms with Crippen molar-refractivity contribution in [1.29, 1.82) is 0 Å². The first-order chi connectivity index (χ1) is 7.58. The largest absolute Gasteiger partial charge is 0.320 e. The summed E-state index contributed by atoms with van der Waals surface area (Å²) in [5.41, 5.74) is 0. The molecule has 0 heterocycles. The number of hydrogen-bond acceptors (Lipinski definition) is 3. The molecule has 0 bridgehead atoms. The fraction of sp³-hybridized carbons (Fsp3) is 0.818. The molecule has 0 saturated carbocycles. The molecule has 0 aliphatic carbocycles. The van der Waals surface area contributed by atoms with E-state index in [1.165, 1.54) is 4.31 Å². The van der Waals surface area contributed by atoms with Gasteiger partial charge < -0.3 is 5.32 Å². The molecule has 0 unspecified atom stereocenters. The lowest BCUT2D eigenvalue weighted by Crippen LogP contribution is -2.34. The zero-order valence-corrected chi connectivity index (χ0v) is 11.2. The molecule has 0 atom stereocenters. The smallest absolute Gasteiger partial charge is 0.214 e. The topological polar surface area (TPSA) is 49.4 Å². The van der Waals surface area contributed by atoms with E-state index in [0.29, 0.717) is 19.5 Å². The standard InChI is InChI=1S/C11H24N2O2S/c1-4-9-13(10-5-2)16(14,15)11-7-6-8-12-3/h4,12H,1,5-11H2,2-3H3. The van der Waals surface area contributed by atoms with Crippen molar-refractivity contribution in [2.75, 3.05) is 32.4 Å². The van der Waals surface area contributed by atoms with E-state index >= 15 is 0 Å². The molecule has 0 aromatic rings. The molecule has 1 N–H and O–H groups in total. The lowest BCUT2D eigenvalue weighted by atomic mass is 10.3. The van der Waals surface area contributed by atoms with Gasteiger partial charge in [0.1, 0.15) is 0 Å². The normalized spacial score (nSPS) is 11.9. The van der Waals surface area contributed by atoms with Gasteiger partial charge in [-0.15, -0.1) is 6.58 Å². The van der Waals surface area contributed by atoms with E-state index in [9.17, 15) is 8.42 Å². The fourth-order valence-corrected chi connectivity index (χ4v) is 3.07. The van der Waals surface area contributed by atoms with E-state index in [4.69, 9.17) is 0 Å². The second-order valence-electron chi connectivity index (χ2n) is 3.77. The van der Waals surface area contributed by atoms with Crippen molar-refractivity contribution in [2.45, 2.75) is 26.2 Å². The van der Waals surface area contributed by atoms with Crippen molar-refractivity contribution >= 4 is 10.0 Å². The number of rotatable bonds is 10. The SMILES string of the molecule is C=CCN(CCC)S(=O)(=O)CCCCNC. The summed E-state index contributed by atoms with van der Waals surface area (Å²) in [6.07, 6.45) is 4.08. The van der Waals surface area contributed by atoms with Gasteiger partial charge in [0, 0.05) is 13.1 Å².